The Morgan fingerprint density at radius 1 is 1.29 bits per heavy atom. The van der Waals surface area contributed by atoms with Crippen LogP contribution in [-0.2, 0) is 9.05 Å². The van der Waals surface area contributed by atoms with Crippen LogP contribution < -0.4 is 0 Å². The van der Waals surface area contributed by atoms with Gasteiger partial charge in [0, 0.05) is 16.1 Å². The summed E-state index contributed by atoms with van der Waals surface area (Å²) < 4.78 is 21.1. The maximum Gasteiger partial charge on any atom is 0.254 e. The van der Waals surface area contributed by atoms with Crippen LogP contribution >= 0.6 is 10.7 Å². The van der Waals surface area contributed by atoms with Gasteiger partial charge in [-0.05, 0) is 23.8 Å². The van der Waals surface area contributed by atoms with E-state index in [9.17, 15) is 8.42 Å². The van der Waals surface area contributed by atoms with Gasteiger partial charge in [0.2, 0.25) is 0 Å². The normalized spacial score (nSPS) is 11.4. The van der Waals surface area contributed by atoms with E-state index in [1.54, 1.807) is 24.3 Å². The molecule has 1 aromatic carbocycles. The summed E-state index contributed by atoms with van der Waals surface area (Å²) in [6, 6.07) is 8.43. The SMILES string of the molecule is N#Cc1ccc(/C=C/S(=O)(=O)Cl)cc1. The van der Waals surface area contributed by atoms with E-state index in [2.05, 4.69) is 0 Å². The summed E-state index contributed by atoms with van der Waals surface area (Å²) in [5.41, 5.74) is 1.20. The molecule has 1 aromatic rings. The number of nitrogens with zero attached hydrogens (tertiary/aromatic N) is 1. The van der Waals surface area contributed by atoms with Crippen molar-refractivity contribution in [3.8, 4) is 6.07 Å². The quantitative estimate of drug-likeness (QED) is 0.727. The van der Waals surface area contributed by atoms with Crippen LogP contribution in [0.15, 0.2) is 29.7 Å². The molecule has 0 aliphatic rings. The number of nitriles is 1. The highest BCUT2D eigenvalue weighted by Gasteiger charge is 1.96. The predicted molar refractivity (Wildman–Crippen MR) is 55.0 cm³/mol. The molecule has 0 saturated carbocycles. The fourth-order valence-corrected chi connectivity index (χ4v) is 1.30. The maximum atomic E-state index is 10.6. The van der Waals surface area contributed by atoms with E-state index in [4.69, 9.17) is 15.9 Å². The van der Waals surface area contributed by atoms with E-state index in [1.807, 2.05) is 6.07 Å². The van der Waals surface area contributed by atoms with Crippen molar-refractivity contribution in [1.29, 1.82) is 5.26 Å². The molecule has 0 heterocycles. The molecule has 0 fully saturated rings. The van der Waals surface area contributed by atoms with Crippen LogP contribution in [0.5, 0.6) is 0 Å². The highest BCUT2D eigenvalue weighted by atomic mass is 35.7. The second-order valence-electron chi connectivity index (χ2n) is 2.51. The van der Waals surface area contributed by atoms with Crippen molar-refractivity contribution in [3.63, 3.8) is 0 Å². The van der Waals surface area contributed by atoms with Gasteiger partial charge in [-0.15, -0.1) is 0 Å². The van der Waals surface area contributed by atoms with E-state index in [0.717, 1.165) is 5.41 Å². The van der Waals surface area contributed by atoms with Gasteiger partial charge in [0.1, 0.15) is 0 Å². The first-order chi connectivity index (χ1) is 6.51. The van der Waals surface area contributed by atoms with E-state index in [1.165, 1.54) is 6.08 Å². The lowest BCUT2D eigenvalue weighted by molar-refractivity contribution is 0.617. The third-order valence-corrected chi connectivity index (χ3v) is 2.23. The lowest BCUT2D eigenvalue weighted by Gasteiger charge is -1.91. The molecule has 72 valence electrons. The standard InChI is InChI=1S/C9H6ClNO2S/c10-14(12,13)6-5-8-1-3-9(7-11)4-2-8/h1-6H/b6-5+. The minimum atomic E-state index is -3.61. The van der Waals surface area contributed by atoms with Crippen LogP contribution in [0.2, 0.25) is 0 Å². The highest BCUT2D eigenvalue weighted by Crippen LogP contribution is 2.08. The van der Waals surface area contributed by atoms with Crippen LogP contribution in [-0.4, -0.2) is 8.42 Å². The summed E-state index contributed by atoms with van der Waals surface area (Å²) in [7, 11) is 1.36. The Balaban J connectivity index is 2.91. The number of hydrogen-bond acceptors (Lipinski definition) is 3. The zero-order valence-electron chi connectivity index (χ0n) is 7.01. The third-order valence-electron chi connectivity index (χ3n) is 1.46. The topological polar surface area (TPSA) is 57.9 Å². The van der Waals surface area contributed by atoms with Crippen molar-refractivity contribution >= 4 is 25.8 Å². The van der Waals surface area contributed by atoms with E-state index in [0.29, 0.717) is 11.1 Å². The Morgan fingerprint density at radius 3 is 2.29 bits per heavy atom. The number of benzene rings is 1. The van der Waals surface area contributed by atoms with Gasteiger partial charge in [0.15, 0.2) is 0 Å². The van der Waals surface area contributed by atoms with Gasteiger partial charge < -0.3 is 0 Å². The van der Waals surface area contributed by atoms with Gasteiger partial charge >= 0.3 is 0 Å². The summed E-state index contributed by atoms with van der Waals surface area (Å²) in [6.45, 7) is 0. The minimum Gasteiger partial charge on any atom is -0.208 e. The van der Waals surface area contributed by atoms with Gasteiger partial charge in [0.05, 0.1) is 11.6 Å². The first-order valence-electron chi connectivity index (χ1n) is 3.64. The largest absolute Gasteiger partial charge is 0.254 e. The molecular formula is C9H6ClNO2S. The molecule has 0 aromatic heterocycles. The first kappa shape index (κ1) is 10.8. The molecule has 0 radical (unpaired) electrons. The van der Waals surface area contributed by atoms with E-state index >= 15 is 0 Å². The molecule has 5 heteroatoms. The Kier molecular flexibility index (Phi) is 3.28. The second kappa shape index (κ2) is 4.27. The lowest BCUT2D eigenvalue weighted by atomic mass is 10.1. The van der Waals surface area contributed by atoms with Gasteiger partial charge in [-0.25, -0.2) is 8.42 Å². The molecule has 1 rings (SSSR count). The average molecular weight is 228 g/mol. The maximum absolute atomic E-state index is 10.6. The molecule has 3 nitrogen and oxygen atoms in total. The summed E-state index contributed by atoms with van der Waals surface area (Å²) >= 11 is 0. The zero-order chi connectivity index (χ0) is 10.6. The summed E-state index contributed by atoms with van der Waals surface area (Å²) in [4.78, 5) is 0. The van der Waals surface area contributed by atoms with E-state index in [-0.39, 0.29) is 0 Å². The molecule has 0 saturated heterocycles. The molecule has 14 heavy (non-hydrogen) atoms. The molecule has 0 amide bonds. The first-order valence-corrected chi connectivity index (χ1v) is 6.01. The molecule has 0 unspecified atom stereocenters. The number of halogens is 1. The van der Waals surface area contributed by atoms with Crippen molar-refractivity contribution in [2.24, 2.45) is 0 Å². The van der Waals surface area contributed by atoms with Crippen molar-refractivity contribution < 1.29 is 8.42 Å². The molecule has 0 aliphatic carbocycles. The molecular weight excluding hydrogens is 222 g/mol. The Hall–Kier alpha value is -1.31. The van der Waals surface area contributed by atoms with Gasteiger partial charge in [-0.1, -0.05) is 12.1 Å². The molecule has 0 aliphatic heterocycles. The van der Waals surface area contributed by atoms with Crippen LogP contribution in [0.4, 0.5) is 0 Å². The third kappa shape index (κ3) is 3.60. The summed E-state index contributed by atoms with van der Waals surface area (Å²) in [5, 5.41) is 9.40. The molecule has 0 atom stereocenters. The second-order valence-corrected chi connectivity index (χ2v) is 5.03. The van der Waals surface area contributed by atoms with Crippen LogP contribution in [0.3, 0.4) is 0 Å². The van der Waals surface area contributed by atoms with Crippen molar-refractivity contribution in [2.75, 3.05) is 0 Å². The number of rotatable bonds is 2. The van der Waals surface area contributed by atoms with Crippen LogP contribution in [0.25, 0.3) is 6.08 Å². The molecule has 0 bridgehead atoms. The fraction of sp³-hybridized carbons (Fsp3) is 0. The monoisotopic (exact) mass is 227 g/mol. The van der Waals surface area contributed by atoms with Gasteiger partial charge in [0.25, 0.3) is 9.05 Å². The predicted octanol–water partition coefficient (Wildman–Crippen LogP) is 2.10. The zero-order valence-corrected chi connectivity index (χ0v) is 8.59. The van der Waals surface area contributed by atoms with Gasteiger partial charge in [-0.3, -0.25) is 0 Å². The lowest BCUT2D eigenvalue weighted by Crippen LogP contribution is -1.80. The fourth-order valence-electron chi connectivity index (χ4n) is 0.829. The van der Waals surface area contributed by atoms with Crippen molar-refractivity contribution in [3.05, 3.63) is 40.8 Å². The summed E-state index contributed by atoms with van der Waals surface area (Å²) in [6.07, 6.45) is 1.36. The Bertz CT molecular complexity index is 483. The van der Waals surface area contributed by atoms with Crippen molar-refractivity contribution in [2.45, 2.75) is 0 Å². The number of hydrogen-bond donors (Lipinski definition) is 0. The average Bonchev–Trinajstić information content (AvgIpc) is 2.14. The van der Waals surface area contributed by atoms with Crippen LogP contribution in [0, 0.1) is 11.3 Å². The molecule has 0 N–H and O–H groups in total. The van der Waals surface area contributed by atoms with E-state index < -0.39 is 9.05 Å². The van der Waals surface area contributed by atoms with Crippen LogP contribution in [0.1, 0.15) is 11.1 Å². The smallest absolute Gasteiger partial charge is 0.208 e. The van der Waals surface area contributed by atoms with Crippen molar-refractivity contribution in [1.82, 2.24) is 0 Å². The Labute approximate surface area is 86.7 Å². The minimum absolute atomic E-state index is 0.524. The molecule has 0 spiro atoms. The summed E-state index contributed by atoms with van der Waals surface area (Å²) in [5.74, 6) is 0. The van der Waals surface area contributed by atoms with Gasteiger partial charge in [-0.2, -0.15) is 5.26 Å². The highest BCUT2D eigenvalue weighted by molar-refractivity contribution is 8.16. The Morgan fingerprint density at radius 2 is 1.86 bits per heavy atom.